The standard InChI is InChI=1S/C13H24N2O/c1-10(11-8-6-5-7-9-11)14-12(16)15-13(2,3)4/h8,10H,5-7,9H2,1-4H3,(H2,14,15,16). The van der Waals surface area contributed by atoms with Gasteiger partial charge in [0, 0.05) is 11.6 Å². The Morgan fingerprint density at radius 2 is 2.06 bits per heavy atom. The molecule has 0 aromatic rings. The maximum Gasteiger partial charge on any atom is 0.315 e. The van der Waals surface area contributed by atoms with E-state index in [0.29, 0.717) is 0 Å². The summed E-state index contributed by atoms with van der Waals surface area (Å²) >= 11 is 0. The minimum atomic E-state index is -0.176. The first-order chi connectivity index (χ1) is 7.38. The highest BCUT2D eigenvalue weighted by Gasteiger charge is 2.17. The minimum Gasteiger partial charge on any atom is -0.334 e. The summed E-state index contributed by atoms with van der Waals surface area (Å²) in [6, 6.07) is 0.0779. The maximum absolute atomic E-state index is 11.7. The normalized spacial score (nSPS) is 18.6. The summed E-state index contributed by atoms with van der Waals surface area (Å²) in [6.07, 6.45) is 7.08. The third-order valence-corrected chi connectivity index (χ3v) is 2.72. The number of allylic oxidation sites excluding steroid dienone is 1. The number of amides is 2. The monoisotopic (exact) mass is 224 g/mol. The van der Waals surface area contributed by atoms with Crippen molar-refractivity contribution in [3.8, 4) is 0 Å². The zero-order valence-electron chi connectivity index (χ0n) is 10.9. The third kappa shape index (κ3) is 4.69. The number of hydrogen-bond donors (Lipinski definition) is 2. The molecule has 0 aromatic carbocycles. The van der Waals surface area contributed by atoms with Gasteiger partial charge >= 0.3 is 6.03 Å². The van der Waals surface area contributed by atoms with Crippen LogP contribution in [0.4, 0.5) is 4.79 Å². The van der Waals surface area contributed by atoms with Gasteiger partial charge in [0.25, 0.3) is 0 Å². The van der Waals surface area contributed by atoms with Crippen LogP contribution in [-0.2, 0) is 0 Å². The lowest BCUT2D eigenvalue weighted by Crippen LogP contribution is -2.49. The fourth-order valence-corrected chi connectivity index (χ4v) is 1.92. The van der Waals surface area contributed by atoms with Crippen LogP contribution in [0.25, 0.3) is 0 Å². The van der Waals surface area contributed by atoms with E-state index < -0.39 is 0 Å². The van der Waals surface area contributed by atoms with Gasteiger partial charge in [-0.05, 0) is 53.4 Å². The first kappa shape index (κ1) is 13.1. The molecule has 1 aliphatic carbocycles. The van der Waals surface area contributed by atoms with Crippen LogP contribution in [0.2, 0.25) is 0 Å². The van der Waals surface area contributed by atoms with Gasteiger partial charge in [-0.2, -0.15) is 0 Å². The molecule has 0 aliphatic heterocycles. The molecular weight excluding hydrogens is 200 g/mol. The maximum atomic E-state index is 11.7. The number of nitrogens with one attached hydrogen (secondary N) is 2. The fourth-order valence-electron chi connectivity index (χ4n) is 1.92. The Labute approximate surface area is 98.7 Å². The lowest BCUT2D eigenvalue weighted by atomic mass is 9.95. The van der Waals surface area contributed by atoms with Crippen LogP contribution < -0.4 is 10.6 Å². The molecule has 0 heterocycles. The summed E-state index contributed by atoms with van der Waals surface area (Å²) in [4.78, 5) is 11.7. The lowest BCUT2D eigenvalue weighted by molar-refractivity contribution is 0.230. The topological polar surface area (TPSA) is 41.1 Å². The van der Waals surface area contributed by atoms with Gasteiger partial charge in [-0.1, -0.05) is 11.6 Å². The van der Waals surface area contributed by atoms with E-state index >= 15 is 0 Å². The van der Waals surface area contributed by atoms with E-state index in [0.717, 1.165) is 12.8 Å². The van der Waals surface area contributed by atoms with E-state index in [1.54, 1.807) is 0 Å². The predicted octanol–water partition coefficient (Wildman–Crippen LogP) is 2.97. The van der Waals surface area contributed by atoms with Crippen molar-refractivity contribution >= 4 is 6.03 Å². The van der Waals surface area contributed by atoms with Crippen LogP contribution in [0.3, 0.4) is 0 Å². The van der Waals surface area contributed by atoms with Crippen LogP contribution in [-0.4, -0.2) is 17.6 Å². The van der Waals surface area contributed by atoms with Gasteiger partial charge in [-0.25, -0.2) is 4.79 Å². The predicted molar refractivity (Wildman–Crippen MR) is 67.4 cm³/mol. The first-order valence-electron chi connectivity index (χ1n) is 6.16. The van der Waals surface area contributed by atoms with Crippen molar-refractivity contribution in [3.63, 3.8) is 0 Å². The molecule has 2 amide bonds. The van der Waals surface area contributed by atoms with Crippen molar-refractivity contribution in [1.82, 2.24) is 10.6 Å². The molecule has 1 unspecified atom stereocenters. The molecule has 1 aliphatic rings. The molecule has 1 atom stereocenters. The minimum absolute atomic E-state index is 0.0773. The molecule has 1 rings (SSSR count). The zero-order valence-corrected chi connectivity index (χ0v) is 10.9. The van der Waals surface area contributed by atoms with Gasteiger partial charge in [-0.15, -0.1) is 0 Å². The third-order valence-electron chi connectivity index (χ3n) is 2.72. The molecule has 0 bridgehead atoms. The van der Waals surface area contributed by atoms with Crippen LogP contribution in [0.1, 0.15) is 53.4 Å². The molecule has 0 fully saturated rings. The van der Waals surface area contributed by atoms with Gasteiger partial charge in [0.1, 0.15) is 0 Å². The Morgan fingerprint density at radius 3 is 2.56 bits per heavy atom. The van der Waals surface area contributed by atoms with Crippen molar-refractivity contribution in [2.45, 2.75) is 65.0 Å². The summed E-state index contributed by atoms with van der Waals surface area (Å²) in [6.45, 7) is 8.00. The van der Waals surface area contributed by atoms with E-state index in [1.807, 2.05) is 20.8 Å². The van der Waals surface area contributed by atoms with Crippen molar-refractivity contribution < 1.29 is 4.79 Å². The molecule has 2 N–H and O–H groups in total. The highest BCUT2D eigenvalue weighted by molar-refractivity contribution is 5.75. The van der Waals surface area contributed by atoms with Gasteiger partial charge in [0.2, 0.25) is 0 Å². The molecule has 16 heavy (non-hydrogen) atoms. The number of hydrogen-bond acceptors (Lipinski definition) is 1. The Kier molecular flexibility index (Phi) is 4.39. The van der Waals surface area contributed by atoms with Gasteiger partial charge < -0.3 is 10.6 Å². The summed E-state index contributed by atoms with van der Waals surface area (Å²) in [5, 5.41) is 5.90. The Balaban J connectivity index is 2.41. The molecule has 0 spiro atoms. The SMILES string of the molecule is CC(NC(=O)NC(C)(C)C)C1=CCCCC1. The summed E-state index contributed by atoms with van der Waals surface area (Å²) in [5.74, 6) is 0. The van der Waals surface area contributed by atoms with Crippen molar-refractivity contribution in [2.24, 2.45) is 0 Å². The lowest BCUT2D eigenvalue weighted by Gasteiger charge is -2.25. The van der Waals surface area contributed by atoms with Crippen LogP contribution >= 0.6 is 0 Å². The average Bonchev–Trinajstić information content (AvgIpc) is 2.16. The highest BCUT2D eigenvalue weighted by Crippen LogP contribution is 2.19. The molecular formula is C13H24N2O. The number of urea groups is 1. The highest BCUT2D eigenvalue weighted by atomic mass is 16.2. The van der Waals surface area contributed by atoms with Gasteiger partial charge in [-0.3, -0.25) is 0 Å². The zero-order chi connectivity index (χ0) is 12.2. The first-order valence-corrected chi connectivity index (χ1v) is 6.16. The van der Waals surface area contributed by atoms with Crippen LogP contribution in [0, 0.1) is 0 Å². The Hall–Kier alpha value is -0.990. The number of carbonyl (C=O) groups is 1. The Bertz CT molecular complexity index is 276. The van der Waals surface area contributed by atoms with Gasteiger partial charge in [0.05, 0.1) is 0 Å². The van der Waals surface area contributed by atoms with E-state index in [2.05, 4.69) is 23.6 Å². The van der Waals surface area contributed by atoms with Crippen LogP contribution in [0.5, 0.6) is 0 Å². The van der Waals surface area contributed by atoms with Crippen molar-refractivity contribution in [2.75, 3.05) is 0 Å². The second-order valence-electron chi connectivity index (χ2n) is 5.59. The second-order valence-corrected chi connectivity index (χ2v) is 5.59. The van der Waals surface area contributed by atoms with Gasteiger partial charge in [0.15, 0.2) is 0 Å². The molecule has 0 radical (unpaired) electrons. The average molecular weight is 224 g/mol. The molecule has 0 saturated carbocycles. The largest absolute Gasteiger partial charge is 0.334 e. The summed E-state index contributed by atoms with van der Waals surface area (Å²) < 4.78 is 0. The molecule has 0 saturated heterocycles. The quantitative estimate of drug-likeness (QED) is 0.696. The molecule has 3 heteroatoms. The molecule has 3 nitrogen and oxygen atoms in total. The smallest absolute Gasteiger partial charge is 0.315 e. The van der Waals surface area contributed by atoms with Crippen molar-refractivity contribution in [3.05, 3.63) is 11.6 Å². The fraction of sp³-hybridized carbons (Fsp3) is 0.769. The summed E-state index contributed by atoms with van der Waals surface area (Å²) in [7, 11) is 0. The van der Waals surface area contributed by atoms with E-state index in [4.69, 9.17) is 0 Å². The van der Waals surface area contributed by atoms with E-state index in [-0.39, 0.29) is 17.6 Å². The molecule has 0 aromatic heterocycles. The number of carbonyl (C=O) groups excluding carboxylic acids is 1. The van der Waals surface area contributed by atoms with E-state index in [1.165, 1.54) is 18.4 Å². The number of rotatable bonds is 2. The summed E-state index contributed by atoms with van der Waals surface area (Å²) in [5.41, 5.74) is 1.19. The molecule has 92 valence electrons. The van der Waals surface area contributed by atoms with Crippen molar-refractivity contribution in [1.29, 1.82) is 0 Å². The second kappa shape index (κ2) is 5.37. The Morgan fingerprint density at radius 1 is 1.38 bits per heavy atom. The van der Waals surface area contributed by atoms with E-state index in [9.17, 15) is 4.79 Å². The van der Waals surface area contributed by atoms with Crippen LogP contribution in [0.15, 0.2) is 11.6 Å².